The summed E-state index contributed by atoms with van der Waals surface area (Å²) in [6.07, 6.45) is 7.01. The molecule has 27 heavy (non-hydrogen) atoms. The zero-order valence-corrected chi connectivity index (χ0v) is 15.8. The highest BCUT2D eigenvalue weighted by molar-refractivity contribution is 5.88. The summed E-state index contributed by atoms with van der Waals surface area (Å²) in [6, 6.07) is 14.5. The van der Waals surface area contributed by atoms with Crippen molar-refractivity contribution in [1.82, 2.24) is 5.01 Å². The molecule has 0 saturated heterocycles. The number of anilines is 1. The number of allylic oxidation sites excluding steroid dienone is 1. The first-order valence-electron chi connectivity index (χ1n) is 9.09. The Bertz CT molecular complexity index is 946. The van der Waals surface area contributed by atoms with E-state index in [4.69, 9.17) is 9.47 Å². The standard InChI is InChI=1S/C22H23N3O2/c1-4-16-7-5-6-8-18(16)24-14-12-22-23-13-11-19(25(22)24)17-9-10-20(26-2)21(15-17)27-3/h5-13,15H,4,14H2,1-3H3. The number of methoxy groups -OCH3 is 2. The maximum Gasteiger partial charge on any atom is 0.161 e. The normalized spacial score (nSPS) is 15.4. The molecular formula is C22H23N3O2. The van der Waals surface area contributed by atoms with Crippen LogP contribution in [0.1, 0.15) is 18.1 Å². The van der Waals surface area contributed by atoms with Crippen LogP contribution in [0.4, 0.5) is 5.69 Å². The summed E-state index contributed by atoms with van der Waals surface area (Å²) in [5.74, 6) is 2.37. The van der Waals surface area contributed by atoms with E-state index in [9.17, 15) is 0 Å². The monoisotopic (exact) mass is 361 g/mol. The van der Waals surface area contributed by atoms with Crippen LogP contribution in [0.3, 0.4) is 0 Å². The molecule has 0 aromatic heterocycles. The molecule has 0 atom stereocenters. The fraction of sp³-hybridized carbons (Fsp3) is 0.227. The Kier molecular flexibility index (Phi) is 4.59. The van der Waals surface area contributed by atoms with E-state index < -0.39 is 0 Å². The molecule has 5 nitrogen and oxygen atoms in total. The zero-order valence-electron chi connectivity index (χ0n) is 15.8. The van der Waals surface area contributed by atoms with Gasteiger partial charge >= 0.3 is 0 Å². The minimum absolute atomic E-state index is 0.712. The Hall–Kier alpha value is -3.21. The first kappa shape index (κ1) is 17.2. The molecule has 0 amide bonds. The summed E-state index contributed by atoms with van der Waals surface area (Å²) in [6.45, 7) is 2.97. The molecule has 0 aliphatic carbocycles. The Morgan fingerprint density at radius 2 is 1.85 bits per heavy atom. The average molecular weight is 361 g/mol. The average Bonchev–Trinajstić information content (AvgIpc) is 3.17. The minimum atomic E-state index is 0.712. The first-order valence-corrected chi connectivity index (χ1v) is 9.09. The highest BCUT2D eigenvalue weighted by atomic mass is 16.5. The van der Waals surface area contributed by atoms with Crippen molar-refractivity contribution in [3.05, 3.63) is 71.6 Å². The van der Waals surface area contributed by atoms with Gasteiger partial charge in [0, 0.05) is 11.8 Å². The summed E-state index contributed by atoms with van der Waals surface area (Å²) in [4.78, 5) is 4.56. The van der Waals surface area contributed by atoms with Gasteiger partial charge < -0.3 is 9.47 Å². The number of hydrogen-bond donors (Lipinski definition) is 0. The van der Waals surface area contributed by atoms with Crippen LogP contribution in [0.2, 0.25) is 0 Å². The van der Waals surface area contributed by atoms with E-state index in [1.165, 1.54) is 11.3 Å². The molecule has 0 N–H and O–H groups in total. The van der Waals surface area contributed by atoms with E-state index >= 15 is 0 Å². The lowest BCUT2D eigenvalue weighted by molar-refractivity contribution is 0.354. The van der Waals surface area contributed by atoms with Crippen LogP contribution >= 0.6 is 0 Å². The fourth-order valence-electron chi connectivity index (χ4n) is 3.56. The lowest BCUT2D eigenvalue weighted by Gasteiger charge is -2.36. The van der Waals surface area contributed by atoms with Gasteiger partial charge in [-0.15, -0.1) is 0 Å². The van der Waals surface area contributed by atoms with Gasteiger partial charge in [0.25, 0.3) is 0 Å². The largest absolute Gasteiger partial charge is 0.493 e. The van der Waals surface area contributed by atoms with Gasteiger partial charge in [-0.2, -0.15) is 0 Å². The molecule has 0 radical (unpaired) electrons. The maximum absolute atomic E-state index is 5.49. The summed E-state index contributed by atoms with van der Waals surface area (Å²) in [7, 11) is 3.30. The number of hydrazine groups is 1. The molecule has 2 aromatic rings. The number of ether oxygens (including phenoxy) is 2. The number of benzene rings is 2. The molecule has 0 saturated carbocycles. The van der Waals surface area contributed by atoms with Crippen molar-refractivity contribution < 1.29 is 9.47 Å². The van der Waals surface area contributed by atoms with Crippen LogP contribution in [0.25, 0.3) is 5.70 Å². The van der Waals surface area contributed by atoms with Gasteiger partial charge in [-0.3, -0.25) is 5.01 Å². The number of nitrogens with zero attached hydrogens (tertiary/aromatic N) is 3. The number of para-hydroxylation sites is 1. The van der Waals surface area contributed by atoms with Crippen molar-refractivity contribution in [2.24, 2.45) is 4.99 Å². The smallest absolute Gasteiger partial charge is 0.161 e. The lowest BCUT2D eigenvalue weighted by atomic mass is 10.1. The summed E-state index contributed by atoms with van der Waals surface area (Å²) < 4.78 is 10.9. The number of hydrogen-bond acceptors (Lipinski definition) is 5. The molecule has 0 unspecified atom stereocenters. The fourth-order valence-corrected chi connectivity index (χ4v) is 3.56. The van der Waals surface area contributed by atoms with Crippen molar-refractivity contribution in [3.8, 4) is 11.5 Å². The minimum Gasteiger partial charge on any atom is -0.493 e. The molecule has 2 aliphatic rings. The van der Waals surface area contributed by atoms with Gasteiger partial charge in [-0.1, -0.05) is 25.1 Å². The van der Waals surface area contributed by atoms with Gasteiger partial charge in [0.05, 0.1) is 32.1 Å². The van der Waals surface area contributed by atoms with Crippen molar-refractivity contribution in [2.75, 3.05) is 25.8 Å². The molecule has 0 bridgehead atoms. The second kappa shape index (κ2) is 7.19. The van der Waals surface area contributed by atoms with Crippen molar-refractivity contribution in [1.29, 1.82) is 0 Å². The third kappa shape index (κ3) is 2.95. The van der Waals surface area contributed by atoms with Gasteiger partial charge in [0.1, 0.15) is 5.82 Å². The predicted octanol–water partition coefficient (Wildman–Crippen LogP) is 4.27. The number of aryl methyl sites for hydroxylation is 1. The molecule has 138 valence electrons. The molecule has 0 spiro atoms. The van der Waals surface area contributed by atoms with Crippen molar-refractivity contribution in [2.45, 2.75) is 13.3 Å². The summed E-state index contributed by atoms with van der Waals surface area (Å²) in [5, 5.41) is 4.45. The van der Waals surface area contributed by atoms with E-state index in [1.807, 2.05) is 30.5 Å². The number of fused-ring (bicyclic) bond motifs is 1. The highest BCUT2D eigenvalue weighted by Gasteiger charge is 2.30. The Labute approximate surface area is 159 Å². The third-order valence-corrected chi connectivity index (χ3v) is 4.90. The van der Waals surface area contributed by atoms with Crippen molar-refractivity contribution >= 4 is 17.6 Å². The second-order valence-corrected chi connectivity index (χ2v) is 6.34. The third-order valence-electron chi connectivity index (χ3n) is 4.90. The second-order valence-electron chi connectivity index (χ2n) is 6.34. The summed E-state index contributed by atoms with van der Waals surface area (Å²) >= 11 is 0. The van der Waals surface area contributed by atoms with Crippen LogP contribution < -0.4 is 14.5 Å². The Morgan fingerprint density at radius 3 is 2.63 bits per heavy atom. The highest BCUT2D eigenvalue weighted by Crippen LogP contribution is 2.38. The first-order chi connectivity index (χ1) is 13.3. The van der Waals surface area contributed by atoms with Crippen LogP contribution in [0.5, 0.6) is 11.5 Å². The number of rotatable bonds is 5. The van der Waals surface area contributed by atoms with E-state index in [2.05, 4.69) is 52.3 Å². The van der Waals surface area contributed by atoms with Crippen LogP contribution in [0, 0.1) is 0 Å². The topological polar surface area (TPSA) is 37.3 Å². The molecular weight excluding hydrogens is 338 g/mol. The van der Waals surface area contributed by atoms with Crippen LogP contribution in [-0.2, 0) is 6.42 Å². The summed E-state index contributed by atoms with van der Waals surface area (Å²) in [5.41, 5.74) is 4.62. The van der Waals surface area contributed by atoms with Crippen LogP contribution in [0.15, 0.2) is 65.4 Å². The quantitative estimate of drug-likeness (QED) is 0.797. The maximum atomic E-state index is 5.49. The van der Waals surface area contributed by atoms with Gasteiger partial charge in [-0.05, 0) is 48.4 Å². The van der Waals surface area contributed by atoms with Crippen LogP contribution in [-0.4, -0.2) is 32.0 Å². The molecule has 4 rings (SSSR count). The van der Waals surface area contributed by atoms with Gasteiger partial charge in [0.15, 0.2) is 11.5 Å². The van der Waals surface area contributed by atoms with Gasteiger partial charge in [0.2, 0.25) is 0 Å². The molecule has 2 aromatic carbocycles. The number of aliphatic imine (C=N–C) groups is 1. The van der Waals surface area contributed by atoms with E-state index in [1.54, 1.807) is 14.2 Å². The van der Waals surface area contributed by atoms with E-state index in [0.717, 1.165) is 35.8 Å². The molecule has 2 heterocycles. The SMILES string of the molecule is CCc1ccccc1N1CC=C2N=CC=C(c3ccc(OC)c(OC)c3)N21. The molecule has 2 aliphatic heterocycles. The predicted molar refractivity (Wildman–Crippen MR) is 109 cm³/mol. The molecule has 5 heteroatoms. The Balaban J connectivity index is 1.76. The van der Waals surface area contributed by atoms with Crippen molar-refractivity contribution in [3.63, 3.8) is 0 Å². The zero-order chi connectivity index (χ0) is 18.8. The molecule has 0 fully saturated rings. The van der Waals surface area contributed by atoms with E-state index in [-0.39, 0.29) is 0 Å². The van der Waals surface area contributed by atoms with Gasteiger partial charge in [-0.25, -0.2) is 10.0 Å². The van der Waals surface area contributed by atoms with E-state index in [0.29, 0.717) is 5.75 Å². The Morgan fingerprint density at radius 1 is 1.04 bits per heavy atom. The lowest BCUT2D eigenvalue weighted by Crippen LogP contribution is -2.37.